The van der Waals surface area contributed by atoms with Gasteiger partial charge in [0.25, 0.3) is 0 Å². The molecular weight excluding hydrogens is 349 g/mol. The number of nitrogens with zero attached hydrogens (tertiary/aromatic N) is 2. The summed E-state index contributed by atoms with van der Waals surface area (Å²) in [7, 11) is 0. The fourth-order valence-corrected chi connectivity index (χ4v) is 2.34. The van der Waals surface area contributed by atoms with Gasteiger partial charge >= 0.3 is 0 Å². The molecule has 3 aromatic rings. The highest BCUT2D eigenvalue weighted by Crippen LogP contribution is 2.19. The second kappa shape index (κ2) is 8.27. The van der Waals surface area contributed by atoms with E-state index in [0.29, 0.717) is 22.9 Å². The average molecular weight is 367 g/mol. The molecule has 1 heterocycles. The molecule has 0 aliphatic rings. The molecule has 0 aliphatic heterocycles. The zero-order valence-electron chi connectivity index (χ0n) is 14.9. The molecule has 0 saturated heterocycles. The van der Waals surface area contributed by atoms with Gasteiger partial charge < -0.3 is 14.6 Å². The normalized spacial score (nSPS) is 11.3. The zero-order chi connectivity index (χ0) is 19.2. The van der Waals surface area contributed by atoms with Crippen LogP contribution >= 0.6 is 0 Å². The molecule has 7 heteroatoms. The summed E-state index contributed by atoms with van der Waals surface area (Å²) in [5, 5.41) is 6.78. The van der Waals surface area contributed by atoms with Gasteiger partial charge in [0.15, 0.2) is 6.61 Å². The van der Waals surface area contributed by atoms with Crippen LogP contribution in [0.2, 0.25) is 0 Å². The molecule has 138 valence electrons. The van der Waals surface area contributed by atoms with Gasteiger partial charge in [-0.25, -0.2) is 9.37 Å². The monoisotopic (exact) mass is 367 g/mol. The van der Waals surface area contributed by atoms with Gasteiger partial charge in [-0.15, -0.1) is 0 Å². The van der Waals surface area contributed by atoms with Crippen molar-refractivity contribution in [2.45, 2.75) is 20.5 Å². The van der Waals surface area contributed by atoms with Crippen LogP contribution in [0, 0.1) is 5.82 Å². The fourth-order valence-electron chi connectivity index (χ4n) is 2.34. The van der Waals surface area contributed by atoms with Crippen molar-refractivity contribution in [1.82, 2.24) is 4.98 Å². The van der Waals surface area contributed by atoms with Crippen molar-refractivity contribution >= 4 is 17.3 Å². The lowest BCUT2D eigenvalue weighted by molar-refractivity contribution is -0.114. The first kappa shape index (κ1) is 18.3. The number of hydrogen-bond donors (Lipinski definition) is 1. The van der Waals surface area contributed by atoms with Crippen molar-refractivity contribution in [2.75, 3.05) is 5.32 Å². The maximum atomic E-state index is 13.0. The van der Waals surface area contributed by atoms with Gasteiger partial charge in [0, 0.05) is 18.2 Å². The molecule has 0 spiro atoms. The van der Waals surface area contributed by atoms with Crippen LogP contribution in [0.1, 0.15) is 25.1 Å². The SMILES string of the molecule is CC(=O)Nc1ccc(/C(C)=N/OCc2coc(-c3ccc(F)cc3)n2)cc1. The third-order valence-electron chi connectivity index (χ3n) is 3.68. The van der Waals surface area contributed by atoms with E-state index in [1.54, 1.807) is 24.3 Å². The van der Waals surface area contributed by atoms with E-state index in [-0.39, 0.29) is 18.3 Å². The first-order valence-corrected chi connectivity index (χ1v) is 8.26. The summed E-state index contributed by atoms with van der Waals surface area (Å²) in [4.78, 5) is 20.7. The van der Waals surface area contributed by atoms with Crippen LogP contribution in [0.3, 0.4) is 0 Å². The lowest BCUT2D eigenvalue weighted by Gasteiger charge is -2.04. The molecule has 0 atom stereocenters. The smallest absolute Gasteiger partial charge is 0.226 e. The first-order valence-electron chi connectivity index (χ1n) is 8.26. The molecule has 0 unspecified atom stereocenters. The Hall–Kier alpha value is -3.48. The number of rotatable bonds is 6. The third-order valence-corrected chi connectivity index (χ3v) is 3.68. The topological polar surface area (TPSA) is 76.7 Å². The van der Waals surface area contributed by atoms with Gasteiger partial charge in [0.2, 0.25) is 11.8 Å². The van der Waals surface area contributed by atoms with Crippen molar-refractivity contribution in [3.63, 3.8) is 0 Å². The van der Waals surface area contributed by atoms with E-state index in [4.69, 9.17) is 9.25 Å². The second-order valence-electron chi connectivity index (χ2n) is 5.86. The van der Waals surface area contributed by atoms with Crippen molar-refractivity contribution in [1.29, 1.82) is 0 Å². The Labute approximate surface area is 155 Å². The number of halogens is 1. The van der Waals surface area contributed by atoms with E-state index >= 15 is 0 Å². The van der Waals surface area contributed by atoms with Crippen LogP contribution in [-0.2, 0) is 16.2 Å². The molecule has 27 heavy (non-hydrogen) atoms. The standard InChI is InChI=1S/C20H18FN3O3/c1-13(15-5-9-18(10-6-15)22-14(2)25)24-27-12-19-11-26-20(23-19)16-3-7-17(21)8-4-16/h3-11H,12H2,1-2H3,(H,22,25)/b24-13+. The molecule has 3 rings (SSSR count). The minimum Gasteiger partial charge on any atom is -0.444 e. The highest BCUT2D eigenvalue weighted by Gasteiger charge is 2.07. The Morgan fingerprint density at radius 1 is 1.15 bits per heavy atom. The van der Waals surface area contributed by atoms with Gasteiger partial charge in [0.05, 0.1) is 5.71 Å². The Balaban J connectivity index is 1.58. The van der Waals surface area contributed by atoms with Crippen molar-refractivity contribution in [2.24, 2.45) is 5.16 Å². The molecule has 1 amide bonds. The van der Waals surface area contributed by atoms with Crippen molar-refractivity contribution in [3.05, 3.63) is 71.9 Å². The summed E-state index contributed by atoms with van der Waals surface area (Å²) in [6, 6.07) is 13.2. The van der Waals surface area contributed by atoms with Crippen molar-refractivity contribution in [3.8, 4) is 11.5 Å². The zero-order valence-corrected chi connectivity index (χ0v) is 14.9. The molecule has 0 fully saturated rings. The molecule has 1 N–H and O–H groups in total. The van der Waals surface area contributed by atoms with Gasteiger partial charge in [-0.1, -0.05) is 17.3 Å². The Morgan fingerprint density at radius 2 is 1.85 bits per heavy atom. The minimum atomic E-state index is -0.316. The minimum absolute atomic E-state index is 0.121. The largest absolute Gasteiger partial charge is 0.444 e. The van der Waals surface area contributed by atoms with E-state index in [2.05, 4.69) is 15.5 Å². The molecule has 0 radical (unpaired) electrons. The number of aromatic nitrogens is 1. The van der Waals surface area contributed by atoms with Gasteiger partial charge in [-0.3, -0.25) is 4.79 Å². The number of oxazole rings is 1. The number of carbonyl (C=O) groups is 1. The van der Waals surface area contributed by atoms with Crippen LogP contribution in [0.25, 0.3) is 11.5 Å². The molecule has 0 aliphatic carbocycles. The third kappa shape index (κ3) is 5.01. The summed E-state index contributed by atoms with van der Waals surface area (Å²) in [5.74, 6) is -0.0456. The van der Waals surface area contributed by atoms with Crippen molar-refractivity contribution < 1.29 is 18.4 Å². The number of nitrogens with one attached hydrogen (secondary N) is 1. The number of benzene rings is 2. The second-order valence-corrected chi connectivity index (χ2v) is 5.86. The lowest BCUT2D eigenvalue weighted by atomic mass is 10.1. The number of carbonyl (C=O) groups excluding carboxylic acids is 1. The number of hydrogen-bond acceptors (Lipinski definition) is 5. The molecule has 1 aromatic heterocycles. The van der Waals surface area contributed by atoms with Crippen LogP contribution in [-0.4, -0.2) is 16.6 Å². The van der Waals surface area contributed by atoms with Crippen LogP contribution in [0.5, 0.6) is 0 Å². The van der Waals surface area contributed by atoms with Gasteiger partial charge in [-0.2, -0.15) is 0 Å². The molecule has 0 bridgehead atoms. The molecule has 0 saturated carbocycles. The van der Waals surface area contributed by atoms with E-state index in [9.17, 15) is 9.18 Å². The fraction of sp³-hybridized carbons (Fsp3) is 0.150. The average Bonchev–Trinajstić information content (AvgIpc) is 3.11. The van der Waals surface area contributed by atoms with Crippen LogP contribution in [0.15, 0.2) is 64.4 Å². The summed E-state index contributed by atoms with van der Waals surface area (Å²) >= 11 is 0. The van der Waals surface area contributed by atoms with Crippen LogP contribution < -0.4 is 5.32 Å². The van der Waals surface area contributed by atoms with E-state index < -0.39 is 0 Å². The van der Waals surface area contributed by atoms with E-state index in [0.717, 1.165) is 11.3 Å². The maximum absolute atomic E-state index is 13.0. The number of amides is 1. The van der Waals surface area contributed by atoms with Gasteiger partial charge in [-0.05, 0) is 48.9 Å². The van der Waals surface area contributed by atoms with Gasteiger partial charge in [0.1, 0.15) is 17.8 Å². The summed E-state index contributed by atoms with van der Waals surface area (Å²) < 4.78 is 18.3. The first-order chi connectivity index (χ1) is 13.0. The summed E-state index contributed by atoms with van der Waals surface area (Å²) in [6.45, 7) is 3.42. The predicted octanol–water partition coefficient (Wildman–Crippen LogP) is 4.38. The highest BCUT2D eigenvalue weighted by atomic mass is 19.1. The van der Waals surface area contributed by atoms with Crippen LogP contribution in [0.4, 0.5) is 10.1 Å². The molecular formula is C20H18FN3O3. The van der Waals surface area contributed by atoms with E-state index in [1.165, 1.54) is 25.3 Å². The Bertz CT molecular complexity index is 947. The predicted molar refractivity (Wildman–Crippen MR) is 99.6 cm³/mol. The van der Waals surface area contributed by atoms with E-state index in [1.807, 2.05) is 19.1 Å². The number of anilines is 1. The highest BCUT2D eigenvalue weighted by molar-refractivity contribution is 5.99. The Morgan fingerprint density at radius 3 is 2.52 bits per heavy atom. The Kier molecular flexibility index (Phi) is 5.61. The summed E-state index contributed by atoms with van der Waals surface area (Å²) in [5.41, 5.74) is 3.53. The quantitative estimate of drug-likeness (QED) is 0.518. The molecule has 2 aromatic carbocycles. The summed E-state index contributed by atoms with van der Waals surface area (Å²) in [6.07, 6.45) is 1.48. The molecule has 6 nitrogen and oxygen atoms in total. The maximum Gasteiger partial charge on any atom is 0.226 e. The number of oxime groups is 1. The lowest BCUT2D eigenvalue weighted by Crippen LogP contribution is -2.06.